The van der Waals surface area contributed by atoms with Gasteiger partial charge >= 0.3 is 12.0 Å². The molecule has 0 aliphatic carbocycles. The summed E-state index contributed by atoms with van der Waals surface area (Å²) in [6.07, 6.45) is -1.59. The second-order valence-electron chi connectivity index (χ2n) is 3.63. The van der Waals surface area contributed by atoms with E-state index in [4.69, 9.17) is 14.9 Å². The van der Waals surface area contributed by atoms with Crippen molar-refractivity contribution < 1.29 is 24.5 Å². The number of hydrogen-bond acceptors (Lipinski definition) is 4. The van der Waals surface area contributed by atoms with Gasteiger partial charge in [0.05, 0.1) is 19.2 Å². The second-order valence-corrected chi connectivity index (χ2v) is 3.63. The maximum Gasteiger partial charge on any atom is 0.334 e. The Morgan fingerprint density at radius 1 is 1.47 bits per heavy atom. The van der Waals surface area contributed by atoms with Crippen LogP contribution >= 0.6 is 0 Å². The van der Waals surface area contributed by atoms with Crippen LogP contribution in [0.3, 0.4) is 0 Å². The van der Waals surface area contributed by atoms with Crippen LogP contribution in [0.25, 0.3) is 0 Å². The number of nitrogens with zero attached hydrogens (tertiary/aromatic N) is 1. The Bertz CT molecular complexity index is 259. The predicted molar refractivity (Wildman–Crippen MR) is 60.8 cm³/mol. The van der Waals surface area contributed by atoms with E-state index in [9.17, 15) is 9.59 Å². The third-order valence-corrected chi connectivity index (χ3v) is 2.27. The minimum absolute atomic E-state index is 0.119. The van der Waals surface area contributed by atoms with Crippen molar-refractivity contribution in [2.24, 2.45) is 0 Å². The molecule has 7 nitrogen and oxygen atoms in total. The molecule has 2 atom stereocenters. The maximum absolute atomic E-state index is 11.7. The Labute approximate surface area is 100 Å². The normalized spacial score (nSPS) is 13.9. The molecule has 0 saturated carbocycles. The molecule has 0 spiro atoms. The van der Waals surface area contributed by atoms with Gasteiger partial charge in [-0.05, 0) is 13.8 Å². The van der Waals surface area contributed by atoms with Crippen molar-refractivity contribution in [3.8, 4) is 0 Å². The number of likely N-dealkylation sites (N-methyl/N-ethyl adjacent to an activating group) is 1. The van der Waals surface area contributed by atoms with Crippen LogP contribution in [-0.4, -0.2) is 66.1 Å². The molecule has 2 amide bonds. The Kier molecular flexibility index (Phi) is 7.24. The van der Waals surface area contributed by atoms with E-state index >= 15 is 0 Å². The SMILES string of the molecule is CCN(C(=O)NC[C@H](O)C(=O)O)C(C)COC. The highest BCUT2D eigenvalue weighted by molar-refractivity contribution is 5.77. The van der Waals surface area contributed by atoms with Crippen LogP contribution < -0.4 is 5.32 Å². The summed E-state index contributed by atoms with van der Waals surface area (Å²) in [6.45, 7) is 4.17. The van der Waals surface area contributed by atoms with E-state index in [1.165, 1.54) is 12.0 Å². The first-order valence-corrected chi connectivity index (χ1v) is 5.38. The topological polar surface area (TPSA) is 99.1 Å². The zero-order valence-electron chi connectivity index (χ0n) is 10.3. The number of carbonyl (C=O) groups excluding carboxylic acids is 1. The maximum atomic E-state index is 11.7. The van der Waals surface area contributed by atoms with Crippen LogP contribution in [0.2, 0.25) is 0 Å². The lowest BCUT2D eigenvalue weighted by Gasteiger charge is -2.27. The summed E-state index contributed by atoms with van der Waals surface area (Å²) in [5, 5.41) is 19.8. The number of hydrogen-bond donors (Lipinski definition) is 3. The van der Waals surface area contributed by atoms with E-state index in [1.807, 2.05) is 6.92 Å². The van der Waals surface area contributed by atoms with Crippen LogP contribution in [0.4, 0.5) is 4.79 Å². The fourth-order valence-electron chi connectivity index (χ4n) is 1.36. The zero-order valence-corrected chi connectivity index (χ0v) is 10.3. The van der Waals surface area contributed by atoms with Crippen molar-refractivity contribution >= 4 is 12.0 Å². The molecule has 1 unspecified atom stereocenters. The number of nitrogens with one attached hydrogen (secondary N) is 1. The lowest BCUT2D eigenvalue weighted by atomic mass is 10.3. The highest BCUT2D eigenvalue weighted by Crippen LogP contribution is 1.99. The molecule has 0 aromatic heterocycles. The van der Waals surface area contributed by atoms with Crippen molar-refractivity contribution in [3.63, 3.8) is 0 Å². The smallest absolute Gasteiger partial charge is 0.334 e. The number of aliphatic hydroxyl groups excluding tert-OH is 1. The molecule has 0 radical (unpaired) electrons. The van der Waals surface area contributed by atoms with Crippen molar-refractivity contribution in [1.82, 2.24) is 10.2 Å². The van der Waals surface area contributed by atoms with E-state index in [0.29, 0.717) is 13.2 Å². The summed E-state index contributed by atoms with van der Waals surface area (Å²) in [5.74, 6) is -1.36. The van der Waals surface area contributed by atoms with Gasteiger partial charge in [0.15, 0.2) is 6.10 Å². The summed E-state index contributed by atoms with van der Waals surface area (Å²) in [7, 11) is 1.54. The van der Waals surface area contributed by atoms with Crippen LogP contribution in [0.15, 0.2) is 0 Å². The number of carbonyl (C=O) groups is 2. The largest absolute Gasteiger partial charge is 0.479 e. The molecule has 0 aromatic rings. The number of urea groups is 1. The molecule has 0 aromatic carbocycles. The monoisotopic (exact) mass is 248 g/mol. The van der Waals surface area contributed by atoms with E-state index in [0.717, 1.165) is 0 Å². The molecule has 100 valence electrons. The van der Waals surface area contributed by atoms with E-state index in [-0.39, 0.29) is 12.6 Å². The van der Waals surface area contributed by atoms with Gasteiger partial charge < -0.3 is 25.2 Å². The first kappa shape index (κ1) is 15.7. The number of ether oxygens (including phenoxy) is 1. The zero-order chi connectivity index (χ0) is 13.4. The standard InChI is InChI=1S/C10H20N2O5/c1-4-12(7(2)6-17-3)10(16)11-5-8(13)9(14)15/h7-8,13H,4-6H2,1-3H3,(H,11,16)(H,14,15)/t7?,8-/m0/s1. The summed E-state index contributed by atoms with van der Waals surface area (Å²) in [4.78, 5) is 23.5. The number of carboxylic acid groups (broad SMARTS) is 1. The van der Waals surface area contributed by atoms with Gasteiger partial charge in [0, 0.05) is 13.7 Å². The number of aliphatic carboxylic acids is 1. The van der Waals surface area contributed by atoms with Crippen molar-refractivity contribution in [3.05, 3.63) is 0 Å². The molecule has 0 heterocycles. The number of carboxylic acids is 1. The second kappa shape index (κ2) is 7.86. The molecule has 3 N–H and O–H groups in total. The Hall–Kier alpha value is -1.34. The Morgan fingerprint density at radius 2 is 2.06 bits per heavy atom. The predicted octanol–water partition coefficient (Wildman–Crippen LogP) is -0.502. The third-order valence-electron chi connectivity index (χ3n) is 2.27. The molecule has 17 heavy (non-hydrogen) atoms. The lowest BCUT2D eigenvalue weighted by molar-refractivity contribution is -0.146. The molecule has 0 rings (SSSR count). The van der Waals surface area contributed by atoms with Gasteiger partial charge in [-0.1, -0.05) is 0 Å². The highest BCUT2D eigenvalue weighted by atomic mass is 16.5. The Balaban J connectivity index is 4.21. The molecular formula is C10H20N2O5. The first-order valence-electron chi connectivity index (χ1n) is 5.38. The Morgan fingerprint density at radius 3 is 2.47 bits per heavy atom. The van der Waals surface area contributed by atoms with Crippen LogP contribution in [0.5, 0.6) is 0 Å². The molecule has 0 aliphatic rings. The molecule has 0 fully saturated rings. The van der Waals surface area contributed by atoms with Crippen LogP contribution in [0.1, 0.15) is 13.8 Å². The quantitative estimate of drug-likeness (QED) is 0.564. The van der Waals surface area contributed by atoms with Gasteiger partial charge in [-0.2, -0.15) is 0 Å². The minimum atomic E-state index is -1.59. The summed E-state index contributed by atoms with van der Waals surface area (Å²) in [5.41, 5.74) is 0. The number of methoxy groups -OCH3 is 1. The van der Waals surface area contributed by atoms with E-state index in [1.54, 1.807) is 6.92 Å². The molecule has 0 bridgehead atoms. The minimum Gasteiger partial charge on any atom is -0.479 e. The molecular weight excluding hydrogens is 228 g/mol. The van der Waals surface area contributed by atoms with Crippen LogP contribution in [-0.2, 0) is 9.53 Å². The highest BCUT2D eigenvalue weighted by Gasteiger charge is 2.20. The molecule has 7 heteroatoms. The molecule has 0 saturated heterocycles. The van der Waals surface area contributed by atoms with Crippen molar-refractivity contribution in [2.45, 2.75) is 26.0 Å². The van der Waals surface area contributed by atoms with Gasteiger partial charge in [0.2, 0.25) is 0 Å². The van der Waals surface area contributed by atoms with Gasteiger partial charge in [0.25, 0.3) is 0 Å². The number of aliphatic hydroxyl groups is 1. The van der Waals surface area contributed by atoms with Gasteiger partial charge in [-0.3, -0.25) is 0 Å². The summed E-state index contributed by atoms with van der Waals surface area (Å²) < 4.78 is 4.94. The number of rotatable bonds is 7. The van der Waals surface area contributed by atoms with Gasteiger partial charge in [-0.25, -0.2) is 9.59 Å². The first-order chi connectivity index (χ1) is 7.93. The van der Waals surface area contributed by atoms with Crippen molar-refractivity contribution in [1.29, 1.82) is 0 Å². The average Bonchev–Trinajstić information content (AvgIpc) is 2.26. The van der Waals surface area contributed by atoms with E-state index in [2.05, 4.69) is 5.32 Å². The summed E-state index contributed by atoms with van der Waals surface area (Å²) >= 11 is 0. The summed E-state index contributed by atoms with van der Waals surface area (Å²) in [6, 6.07) is -0.538. The van der Waals surface area contributed by atoms with Gasteiger partial charge in [-0.15, -0.1) is 0 Å². The van der Waals surface area contributed by atoms with Crippen molar-refractivity contribution in [2.75, 3.05) is 26.8 Å². The molecule has 0 aliphatic heterocycles. The van der Waals surface area contributed by atoms with E-state index < -0.39 is 18.1 Å². The fraction of sp³-hybridized carbons (Fsp3) is 0.800. The average molecular weight is 248 g/mol. The third kappa shape index (κ3) is 5.50. The fourth-order valence-corrected chi connectivity index (χ4v) is 1.36. The van der Waals surface area contributed by atoms with Gasteiger partial charge in [0.1, 0.15) is 0 Å². The number of amides is 2. The lowest BCUT2D eigenvalue weighted by Crippen LogP contribution is -2.49. The van der Waals surface area contributed by atoms with Crippen LogP contribution in [0, 0.1) is 0 Å².